The molecule has 1 atom stereocenters. The first kappa shape index (κ1) is 3.42. The Morgan fingerprint density at radius 3 is 2.67 bits per heavy atom. The Labute approximate surface area is 34.8 Å². The quantitative estimate of drug-likeness (QED) is 0.431. The highest BCUT2D eigenvalue weighted by Crippen LogP contribution is 1.88. The maximum atomic E-state index is 5.08. The van der Waals surface area contributed by atoms with Gasteiger partial charge in [0, 0.05) is 0 Å². The lowest BCUT2D eigenvalue weighted by Gasteiger charge is -1.82. The summed E-state index contributed by atoms with van der Waals surface area (Å²) in [7, 11) is 0. The molecule has 1 unspecified atom stereocenters. The Balaban J connectivity index is 2.60. The molecule has 0 amide bonds. The molecule has 2 N–H and O–H groups in total. The third-order valence-electron chi connectivity index (χ3n) is 0.456. The number of hydrogen-bond acceptors (Lipinski definition) is 4. The lowest BCUT2D eigenvalue weighted by Crippen LogP contribution is -2.09. The van der Waals surface area contributed by atoms with Crippen molar-refractivity contribution in [2.75, 3.05) is 0 Å². The van der Waals surface area contributed by atoms with E-state index < -0.39 is 6.29 Å². The third-order valence-corrected chi connectivity index (χ3v) is 0.456. The highest BCUT2D eigenvalue weighted by Gasteiger charge is 1.93. The van der Waals surface area contributed by atoms with E-state index in [-0.39, 0.29) is 0 Å². The van der Waals surface area contributed by atoms with Crippen LogP contribution in [0, 0.1) is 0 Å². The van der Waals surface area contributed by atoms with Crippen LogP contribution in [-0.2, 0) is 0 Å². The van der Waals surface area contributed by atoms with Gasteiger partial charge in [-0.2, -0.15) is 0 Å². The van der Waals surface area contributed by atoms with Crippen molar-refractivity contribution in [2.24, 2.45) is 21.0 Å². The van der Waals surface area contributed by atoms with Gasteiger partial charge < -0.3 is 0 Å². The molecule has 0 spiro atoms. The summed E-state index contributed by atoms with van der Waals surface area (Å²) in [4.78, 5) is 3.56. The first-order valence-corrected chi connectivity index (χ1v) is 1.57. The lowest BCUT2D eigenvalue weighted by molar-refractivity contribution is 0.749. The molecule has 1 heterocycles. The van der Waals surface area contributed by atoms with Crippen LogP contribution in [0.5, 0.6) is 0 Å². The van der Waals surface area contributed by atoms with Crippen LogP contribution in [0.15, 0.2) is 15.2 Å². The van der Waals surface area contributed by atoms with Gasteiger partial charge in [-0.15, -0.1) is 10.2 Å². The molecule has 4 nitrogen and oxygen atoms in total. The van der Waals surface area contributed by atoms with E-state index >= 15 is 0 Å². The number of aliphatic imine (C=N–C) groups is 1. The molecule has 6 heavy (non-hydrogen) atoms. The zero-order valence-corrected chi connectivity index (χ0v) is 3.07. The van der Waals surface area contributed by atoms with Crippen molar-refractivity contribution in [1.29, 1.82) is 0 Å². The fourth-order valence-corrected chi connectivity index (χ4v) is 0.226. The zero-order valence-electron chi connectivity index (χ0n) is 3.07. The fourth-order valence-electron chi connectivity index (χ4n) is 0.226. The summed E-state index contributed by atoms with van der Waals surface area (Å²) in [6.45, 7) is 0. The van der Waals surface area contributed by atoms with Crippen LogP contribution in [-0.4, -0.2) is 12.6 Å². The second-order valence-electron chi connectivity index (χ2n) is 0.909. The molecule has 0 radical (unpaired) electrons. The summed E-state index contributed by atoms with van der Waals surface area (Å²) in [5.74, 6) is 0. The van der Waals surface area contributed by atoms with Gasteiger partial charge in [0.1, 0.15) is 6.34 Å². The summed E-state index contributed by atoms with van der Waals surface area (Å²) in [5.41, 5.74) is 5.08. The normalized spacial score (nSPS) is 29.2. The molecule has 0 aromatic rings. The lowest BCUT2D eigenvalue weighted by atomic mass is 11.0. The summed E-state index contributed by atoms with van der Waals surface area (Å²) in [5, 5.41) is 6.79. The van der Waals surface area contributed by atoms with E-state index in [4.69, 9.17) is 5.73 Å². The molecule has 32 valence electrons. The maximum Gasteiger partial charge on any atom is 0.213 e. The van der Waals surface area contributed by atoms with E-state index in [9.17, 15) is 0 Å². The number of nitrogens with two attached hydrogens (primary N) is 1. The van der Waals surface area contributed by atoms with E-state index in [1.165, 1.54) is 6.34 Å². The molecule has 0 aromatic carbocycles. The van der Waals surface area contributed by atoms with Crippen LogP contribution >= 0.6 is 0 Å². The molecular formula is C2H4N4. The number of azo groups is 1. The summed E-state index contributed by atoms with van der Waals surface area (Å²) >= 11 is 0. The van der Waals surface area contributed by atoms with Crippen molar-refractivity contribution in [1.82, 2.24) is 0 Å². The zero-order chi connectivity index (χ0) is 4.41. The predicted octanol–water partition coefficient (Wildman–Crippen LogP) is -0.277. The molecule has 0 aromatic heterocycles. The minimum absolute atomic E-state index is 0.426. The van der Waals surface area contributed by atoms with Crippen LogP contribution in [0.1, 0.15) is 0 Å². The smallest absolute Gasteiger partial charge is 0.213 e. The van der Waals surface area contributed by atoms with Crippen LogP contribution in [0.3, 0.4) is 0 Å². The molecule has 1 aliphatic heterocycles. The summed E-state index contributed by atoms with van der Waals surface area (Å²) in [6.07, 6.45) is 0.912. The van der Waals surface area contributed by atoms with Gasteiger partial charge in [0.15, 0.2) is 0 Å². The van der Waals surface area contributed by atoms with Crippen LogP contribution < -0.4 is 5.73 Å². The van der Waals surface area contributed by atoms with Gasteiger partial charge in [-0.1, -0.05) is 0 Å². The number of nitrogens with zero attached hydrogens (tertiary/aromatic N) is 3. The average Bonchev–Trinajstić information content (AvgIpc) is 1.86. The second kappa shape index (κ2) is 1.14. The molecule has 0 aliphatic carbocycles. The Bertz CT molecular complexity index is 81.7. The van der Waals surface area contributed by atoms with E-state index in [1.54, 1.807) is 0 Å². The minimum Gasteiger partial charge on any atom is -0.290 e. The monoisotopic (exact) mass is 84.0 g/mol. The second-order valence-corrected chi connectivity index (χ2v) is 0.909. The van der Waals surface area contributed by atoms with Gasteiger partial charge in [0.05, 0.1) is 0 Å². The topological polar surface area (TPSA) is 63.1 Å². The van der Waals surface area contributed by atoms with Gasteiger partial charge in [0.2, 0.25) is 6.29 Å². The van der Waals surface area contributed by atoms with Gasteiger partial charge in [-0.25, -0.2) is 4.99 Å². The predicted molar refractivity (Wildman–Crippen MR) is 21.3 cm³/mol. The standard InChI is InChI=1S/C2H4N4/c3-2-4-1-5-6-2/h1-2H,3H2. The van der Waals surface area contributed by atoms with Crippen LogP contribution in [0.4, 0.5) is 0 Å². The fraction of sp³-hybridized carbons (Fsp3) is 0.500. The van der Waals surface area contributed by atoms with E-state index in [1.807, 2.05) is 0 Å². The third kappa shape index (κ3) is 0.414. The molecule has 0 bridgehead atoms. The SMILES string of the molecule is NC1N=CN=N1. The van der Waals surface area contributed by atoms with Gasteiger partial charge >= 0.3 is 0 Å². The Morgan fingerprint density at radius 1 is 1.67 bits per heavy atom. The molecule has 1 rings (SSSR count). The first-order chi connectivity index (χ1) is 2.89. The van der Waals surface area contributed by atoms with E-state index in [0.717, 1.165) is 0 Å². The van der Waals surface area contributed by atoms with E-state index in [2.05, 4.69) is 15.2 Å². The minimum atomic E-state index is -0.426. The number of rotatable bonds is 0. The average molecular weight is 84.1 g/mol. The molecule has 0 saturated heterocycles. The van der Waals surface area contributed by atoms with Crippen molar-refractivity contribution in [3.63, 3.8) is 0 Å². The van der Waals surface area contributed by atoms with E-state index in [0.29, 0.717) is 0 Å². The van der Waals surface area contributed by atoms with Gasteiger partial charge in [0.25, 0.3) is 0 Å². The molecule has 0 saturated carbocycles. The van der Waals surface area contributed by atoms with Crippen molar-refractivity contribution in [3.8, 4) is 0 Å². The number of hydrogen-bond donors (Lipinski definition) is 1. The Morgan fingerprint density at radius 2 is 2.50 bits per heavy atom. The largest absolute Gasteiger partial charge is 0.290 e. The van der Waals surface area contributed by atoms with Crippen molar-refractivity contribution < 1.29 is 0 Å². The molecule has 1 aliphatic rings. The Kier molecular flexibility index (Phi) is 0.648. The van der Waals surface area contributed by atoms with Gasteiger partial charge in [-0.05, 0) is 0 Å². The highest BCUT2D eigenvalue weighted by atomic mass is 15.3. The molecular weight excluding hydrogens is 80.1 g/mol. The van der Waals surface area contributed by atoms with Crippen LogP contribution in [0.2, 0.25) is 0 Å². The highest BCUT2D eigenvalue weighted by molar-refractivity contribution is 5.55. The van der Waals surface area contributed by atoms with Crippen molar-refractivity contribution in [3.05, 3.63) is 0 Å². The summed E-state index contributed by atoms with van der Waals surface area (Å²) in [6, 6.07) is 0. The first-order valence-electron chi connectivity index (χ1n) is 1.57. The van der Waals surface area contributed by atoms with Crippen LogP contribution in [0.25, 0.3) is 0 Å². The van der Waals surface area contributed by atoms with Crippen molar-refractivity contribution >= 4 is 6.34 Å². The van der Waals surface area contributed by atoms with Gasteiger partial charge in [-0.3, -0.25) is 5.73 Å². The van der Waals surface area contributed by atoms with Crippen molar-refractivity contribution in [2.45, 2.75) is 6.29 Å². The Hall–Kier alpha value is -0.770. The maximum absolute atomic E-state index is 5.08. The molecule has 0 fully saturated rings. The molecule has 4 heteroatoms. The summed E-state index contributed by atoms with van der Waals surface area (Å²) < 4.78 is 0.